The summed E-state index contributed by atoms with van der Waals surface area (Å²) in [7, 11) is 0. The second-order valence-corrected chi connectivity index (χ2v) is 8.32. The summed E-state index contributed by atoms with van der Waals surface area (Å²) in [6.45, 7) is 0.289. The molecule has 0 saturated carbocycles. The molecule has 0 aliphatic carbocycles. The average molecular weight is 498 g/mol. The van der Waals surface area contributed by atoms with E-state index in [4.69, 9.17) is 14.2 Å². The molecular formula is C27H31NO8. The summed E-state index contributed by atoms with van der Waals surface area (Å²) < 4.78 is 17.0. The van der Waals surface area contributed by atoms with E-state index in [1.807, 2.05) is 60.7 Å². The molecule has 0 amide bonds. The Morgan fingerprint density at radius 3 is 1.69 bits per heavy atom. The van der Waals surface area contributed by atoms with Gasteiger partial charge in [0, 0.05) is 12.1 Å². The summed E-state index contributed by atoms with van der Waals surface area (Å²) in [5.74, 6) is 0. The zero-order chi connectivity index (χ0) is 25.8. The van der Waals surface area contributed by atoms with Crippen molar-refractivity contribution in [1.82, 2.24) is 0 Å². The Morgan fingerprint density at radius 1 is 0.667 bits per heavy atom. The Morgan fingerprint density at radius 2 is 1.17 bits per heavy atom. The Balaban J connectivity index is 1.57. The van der Waals surface area contributed by atoms with Crippen LogP contribution in [0.3, 0.4) is 0 Å². The third kappa shape index (κ3) is 8.80. The molecule has 3 aromatic carbocycles. The lowest BCUT2D eigenvalue weighted by Crippen LogP contribution is -2.48. The van der Waals surface area contributed by atoms with Gasteiger partial charge in [-0.05, 0) is 28.8 Å². The van der Waals surface area contributed by atoms with Crippen molar-refractivity contribution in [3.05, 3.63) is 112 Å². The van der Waals surface area contributed by atoms with Crippen molar-refractivity contribution in [2.75, 3.05) is 13.2 Å². The van der Waals surface area contributed by atoms with Gasteiger partial charge in [-0.1, -0.05) is 60.7 Å². The van der Waals surface area contributed by atoms with Crippen molar-refractivity contribution in [2.45, 2.75) is 44.2 Å². The molecule has 3 rings (SSSR count). The molecule has 9 nitrogen and oxygen atoms in total. The second kappa shape index (κ2) is 14.4. The van der Waals surface area contributed by atoms with E-state index in [1.165, 1.54) is 12.1 Å². The van der Waals surface area contributed by atoms with E-state index in [1.54, 1.807) is 12.1 Å². The zero-order valence-corrected chi connectivity index (χ0v) is 19.8. The van der Waals surface area contributed by atoms with E-state index in [0.29, 0.717) is 5.56 Å². The normalized spacial score (nSPS) is 14.6. The number of nitrogens with zero attached hydrogens (tertiary/aromatic N) is 1. The number of aliphatic hydroxyl groups excluding tert-OH is 3. The van der Waals surface area contributed by atoms with E-state index in [-0.39, 0.29) is 38.7 Å². The van der Waals surface area contributed by atoms with Crippen LogP contribution in [0.25, 0.3) is 0 Å². The van der Waals surface area contributed by atoms with E-state index in [0.717, 1.165) is 11.1 Å². The van der Waals surface area contributed by atoms with Gasteiger partial charge in [0.25, 0.3) is 5.69 Å². The zero-order valence-electron chi connectivity index (χ0n) is 19.8. The lowest BCUT2D eigenvalue weighted by molar-refractivity contribution is -0.384. The van der Waals surface area contributed by atoms with E-state index < -0.39 is 29.3 Å². The summed E-state index contributed by atoms with van der Waals surface area (Å²) >= 11 is 0. The Bertz CT molecular complexity index is 1030. The molecule has 0 bridgehead atoms. The van der Waals surface area contributed by atoms with E-state index >= 15 is 0 Å². The van der Waals surface area contributed by atoms with Gasteiger partial charge in [0.1, 0.15) is 24.4 Å². The molecule has 3 aromatic rings. The van der Waals surface area contributed by atoms with Crippen LogP contribution >= 0.6 is 0 Å². The van der Waals surface area contributed by atoms with Gasteiger partial charge in [-0.2, -0.15) is 0 Å². The maximum atomic E-state index is 10.9. The first-order valence-corrected chi connectivity index (χ1v) is 11.6. The van der Waals surface area contributed by atoms with Gasteiger partial charge in [0.2, 0.25) is 0 Å². The maximum Gasteiger partial charge on any atom is 0.269 e. The van der Waals surface area contributed by atoms with Crippen LogP contribution in [0.2, 0.25) is 0 Å². The van der Waals surface area contributed by atoms with Crippen molar-refractivity contribution < 1.29 is 34.5 Å². The molecule has 4 atom stereocenters. The van der Waals surface area contributed by atoms with Crippen molar-refractivity contribution >= 4 is 5.69 Å². The highest BCUT2D eigenvalue weighted by atomic mass is 16.6. The van der Waals surface area contributed by atoms with Gasteiger partial charge in [-0.15, -0.1) is 0 Å². The molecule has 0 spiro atoms. The molecule has 0 aromatic heterocycles. The van der Waals surface area contributed by atoms with Gasteiger partial charge in [0.15, 0.2) is 0 Å². The van der Waals surface area contributed by atoms with Crippen LogP contribution < -0.4 is 0 Å². The number of benzene rings is 3. The quantitative estimate of drug-likeness (QED) is 0.216. The van der Waals surface area contributed by atoms with Crippen molar-refractivity contribution in [3.8, 4) is 0 Å². The lowest BCUT2D eigenvalue weighted by atomic mass is 10.0. The molecule has 0 saturated heterocycles. The van der Waals surface area contributed by atoms with Crippen LogP contribution in [-0.4, -0.2) is 57.9 Å². The lowest BCUT2D eigenvalue weighted by Gasteiger charge is -2.29. The smallest absolute Gasteiger partial charge is 0.269 e. The Hall–Kier alpha value is -3.18. The Labute approximate surface area is 209 Å². The second-order valence-electron chi connectivity index (χ2n) is 8.32. The minimum atomic E-state index is -1.55. The number of rotatable bonds is 15. The molecular weight excluding hydrogens is 466 g/mol. The minimum Gasteiger partial charge on any atom is -0.388 e. The van der Waals surface area contributed by atoms with Gasteiger partial charge >= 0.3 is 0 Å². The van der Waals surface area contributed by atoms with Crippen molar-refractivity contribution in [2.24, 2.45) is 0 Å². The molecule has 36 heavy (non-hydrogen) atoms. The fourth-order valence-electron chi connectivity index (χ4n) is 3.45. The topological polar surface area (TPSA) is 132 Å². The predicted octanol–water partition coefficient (Wildman–Crippen LogP) is 3.00. The number of hydrogen-bond donors (Lipinski definition) is 3. The number of ether oxygens (including phenoxy) is 3. The maximum absolute atomic E-state index is 10.9. The standard InChI is InChI=1S/C27H31NO8/c29-24(18-34-15-20-7-3-1-4-8-20)26(30)27(31)25(19-35-16-21-9-5-2-6-10-21)36-17-22-11-13-23(14-12-22)28(32)33/h1-14,24-27,29-31H,15-19H2/t24-,25-,26-,27-/m1/s1. The van der Waals surface area contributed by atoms with Crippen molar-refractivity contribution in [3.63, 3.8) is 0 Å². The summed E-state index contributed by atoms with van der Waals surface area (Å²) in [5, 5.41) is 42.6. The first-order chi connectivity index (χ1) is 17.4. The third-order valence-electron chi connectivity index (χ3n) is 5.53. The number of nitro benzene ring substituents is 1. The van der Waals surface area contributed by atoms with E-state index in [2.05, 4.69) is 0 Å². The monoisotopic (exact) mass is 497 g/mol. The summed E-state index contributed by atoms with van der Waals surface area (Å²) in [4.78, 5) is 10.4. The largest absolute Gasteiger partial charge is 0.388 e. The Kier molecular flexibility index (Phi) is 11.0. The SMILES string of the molecule is O=[N+]([O-])c1ccc(CO[C@H](COCc2ccccc2)[C@@H](O)[C@H](O)[C@H](O)COCc2ccccc2)cc1. The number of non-ortho nitro benzene ring substituents is 1. The number of aliphatic hydroxyl groups is 3. The van der Waals surface area contributed by atoms with Crippen LogP contribution in [0.4, 0.5) is 5.69 Å². The summed E-state index contributed by atoms with van der Waals surface area (Å²) in [6, 6.07) is 24.6. The average Bonchev–Trinajstić information content (AvgIpc) is 2.91. The highest BCUT2D eigenvalue weighted by Crippen LogP contribution is 2.16. The predicted molar refractivity (Wildman–Crippen MR) is 132 cm³/mol. The van der Waals surface area contributed by atoms with Crippen molar-refractivity contribution in [1.29, 1.82) is 0 Å². The molecule has 3 N–H and O–H groups in total. The van der Waals surface area contributed by atoms with E-state index in [9.17, 15) is 25.4 Å². The fourth-order valence-corrected chi connectivity index (χ4v) is 3.45. The van der Waals surface area contributed by atoms with Crippen LogP contribution in [0, 0.1) is 10.1 Å². The fraction of sp³-hybridized carbons (Fsp3) is 0.333. The molecule has 192 valence electrons. The molecule has 0 heterocycles. The van der Waals surface area contributed by atoms with Gasteiger partial charge in [0.05, 0.1) is 38.0 Å². The van der Waals surface area contributed by atoms with Crippen LogP contribution in [0.1, 0.15) is 16.7 Å². The minimum absolute atomic E-state index is 0.0156. The molecule has 0 aliphatic heterocycles. The highest BCUT2D eigenvalue weighted by Gasteiger charge is 2.32. The van der Waals surface area contributed by atoms with Crippen LogP contribution in [0.5, 0.6) is 0 Å². The first-order valence-electron chi connectivity index (χ1n) is 11.6. The van der Waals surface area contributed by atoms with Gasteiger partial charge in [-0.3, -0.25) is 10.1 Å². The molecule has 9 heteroatoms. The molecule has 0 fully saturated rings. The first kappa shape index (κ1) is 27.4. The number of nitro groups is 1. The van der Waals surface area contributed by atoms with Crippen LogP contribution in [-0.2, 0) is 34.0 Å². The van der Waals surface area contributed by atoms with Gasteiger partial charge in [-0.25, -0.2) is 0 Å². The highest BCUT2D eigenvalue weighted by molar-refractivity contribution is 5.32. The molecule has 0 aliphatic rings. The summed E-state index contributed by atoms with van der Waals surface area (Å²) in [5.41, 5.74) is 2.44. The molecule has 0 unspecified atom stereocenters. The number of hydrogen-bond acceptors (Lipinski definition) is 8. The van der Waals surface area contributed by atoms with Gasteiger partial charge < -0.3 is 29.5 Å². The van der Waals surface area contributed by atoms with Crippen LogP contribution in [0.15, 0.2) is 84.9 Å². The third-order valence-corrected chi connectivity index (χ3v) is 5.53. The summed E-state index contributed by atoms with van der Waals surface area (Å²) in [6.07, 6.45) is -5.37. The molecule has 0 radical (unpaired) electrons.